The van der Waals surface area contributed by atoms with Gasteiger partial charge in [0.1, 0.15) is 11.6 Å². The predicted octanol–water partition coefficient (Wildman–Crippen LogP) is 1.10. The number of carbonyl (C=O) groups is 3. The molecule has 1 aromatic carbocycles. The summed E-state index contributed by atoms with van der Waals surface area (Å²) < 4.78 is 5.54. The van der Waals surface area contributed by atoms with Crippen molar-refractivity contribution >= 4 is 28.9 Å². The van der Waals surface area contributed by atoms with Crippen LogP contribution in [0.5, 0.6) is 0 Å². The Hall–Kier alpha value is -2.90. The van der Waals surface area contributed by atoms with E-state index in [1.165, 1.54) is 18.2 Å². The highest BCUT2D eigenvalue weighted by molar-refractivity contribution is 5.92. The Morgan fingerprint density at radius 2 is 2.04 bits per heavy atom. The van der Waals surface area contributed by atoms with Gasteiger partial charge in [-0.05, 0) is 25.1 Å². The van der Waals surface area contributed by atoms with E-state index >= 15 is 0 Å². The Kier molecular flexibility index (Phi) is 5.51. The van der Waals surface area contributed by atoms with E-state index in [1.54, 1.807) is 13.8 Å². The highest BCUT2D eigenvalue weighted by Gasteiger charge is 2.23. The Labute approximate surface area is 138 Å². The van der Waals surface area contributed by atoms with E-state index < -0.39 is 12.0 Å². The highest BCUT2D eigenvalue weighted by Crippen LogP contribution is 2.18. The molecule has 0 spiro atoms. The summed E-state index contributed by atoms with van der Waals surface area (Å²) in [7, 11) is 0. The number of likely N-dealkylation sites (N-methyl/N-ethyl adjacent to an activating group) is 1. The Balaban J connectivity index is 2.24. The van der Waals surface area contributed by atoms with Gasteiger partial charge in [0.05, 0.1) is 12.0 Å². The molecule has 2 amide bonds. The number of fused-ring (bicyclic) bond motifs is 1. The first kappa shape index (κ1) is 17.5. The SMILES string of the molecule is CCNC(=O)[C@H](Cc1nc2cc(C(=O)O)ccc2o1)NC(=O)CC. The molecule has 8 nitrogen and oxygen atoms in total. The minimum absolute atomic E-state index is 0.0780. The van der Waals surface area contributed by atoms with E-state index in [9.17, 15) is 14.4 Å². The van der Waals surface area contributed by atoms with Crippen molar-refractivity contribution in [3.8, 4) is 0 Å². The average Bonchev–Trinajstić information content (AvgIpc) is 2.95. The smallest absolute Gasteiger partial charge is 0.335 e. The number of hydrogen-bond donors (Lipinski definition) is 3. The van der Waals surface area contributed by atoms with Gasteiger partial charge in [0.2, 0.25) is 11.8 Å². The van der Waals surface area contributed by atoms with Crippen molar-refractivity contribution in [1.82, 2.24) is 15.6 Å². The largest absolute Gasteiger partial charge is 0.478 e. The number of rotatable bonds is 7. The number of oxazole rings is 1. The number of hydrogen-bond acceptors (Lipinski definition) is 5. The van der Waals surface area contributed by atoms with Crippen molar-refractivity contribution in [2.24, 2.45) is 0 Å². The van der Waals surface area contributed by atoms with Gasteiger partial charge in [-0.25, -0.2) is 9.78 Å². The van der Waals surface area contributed by atoms with Crippen LogP contribution in [-0.4, -0.2) is 40.5 Å². The van der Waals surface area contributed by atoms with Crippen LogP contribution < -0.4 is 10.6 Å². The lowest BCUT2D eigenvalue weighted by molar-refractivity contribution is -0.128. The van der Waals surface area contributed by atoms with Crippen LogP contribution >= 0.6 is 0 Å². The molecule has 1 heterocycles. The quantitative estimate of drug-likeness (QED) is 0.697. The van der Waals surface area contributed by atoms with Crippen molar-refractivity contribution in [2.75, 3.05) is 6.54 Å². The third-order valence-electron chi connectivity index (χ3n) is 3.38. The molecule has 0 bridgehead atoms. The molecule has 0 aliphatic rings. The summed E-state index contributed by atoms with van der Waals surface area (Å²) in [5, 5.41) is 14.3. The molecular weight excluding hydrogens is 314 g/mol. The van der Waals surface area contributed by atoms with E-state index in [2.05, 4.69) is 15.6 Å². The van der Waals surface area contributed by atoms with E-state index in [4.69, 9.17) is 9.52 Å². The lowest BCUT2D eigenvalue weighted by atomic mass is 10.2. The maximum absolute atomic E-state index is 12.1. The zero-order valence-corrected chi connectivity index (χ0v) is 13.5. The second-order valence-electron chi connectivity index (χ2n) is 5.17. The second kappa shape index (κ2) is 7.58. The number of nitrogens with one attached hydrogen (secondary N) is 2. The number of benzene rings is 1. The highest BCUT2D eigenvalue weighted by atomic mass is 16.4. The van der Waals surface area contributed by atoms with Gasteiger partial charge in [0, 0.05) is 13.0 Å². The molecule has 0 saturated heterocycles. The molecule has 1 aromatic heterocycles. The Bertz CT molecular complexity index is 768. The molecule has 1 atom stereocenters. The van der Waals surface area contributed by atoms with Gasteiger partial charge in [-0.2, -0.15) is 0 Å². The summed E-state index contributed by atoms with van der Waals surface area (Å²) in [6.45, 7) is 3.91. The van der Waals surface area contributed by atoms with Gasteiger partial charge in [-0.15, -0.1) is 0 Å². The molecule has 0 fully saturated rings. The molecule has 3 N–H and O–H groups in total. The average molecular weight is 333 g/mol. The molecule has 24 heavy (non-hydrogen) atoms. The third kappa shape index (κ3) is 4.09. The van der Waals surface area contributed by atoms with Gasteiger partial charge in [0.25, 0.3) is 0 Å². The first-order valence-electron chi connectivity index (χ1n) is 7.64. The lowest BCUT2D eigenvalue weighted by Crippen LogP contribution is -2.47. The van der Waals surface area contributed by atoms with Crippen molar-refractivity contribution in [3.63, 3.8) is 0 Å². The molecular formula is C16H19N3O5. The monoisotopic (exact) mass is 333 g/mol. The first-order chi connectivity index (χ1) is 11.4. The first-order valence-corrected chi connectivity index (χ1v) is 7.64. The van der Waals surface area contributed by atoms with Gasteiger partial charge in [-0.3, -0.25) is 9.59 Å². The second-order valence-corrected chi connectivity index (χ2v) is 5.17. The summed E-state index contributed by atoms with van der Waals surface area (Å²) in [4.78, 5) is 38.9. The molecule has 0 aliphatic carbocycles. The number of carboxylic acid groups (broad SMARTS) is 1. The van der Waals surface area contributed by atoms with Crippen LogP contribution in [0.3, 0.4) is 0 Å². The molecule has 8 heteroatoms. The van der Waals surface area contributed by atoms with Gasteiger partial charge >= 0.3 is 5.97 Å². The van der Waals surface area contributed by atoms with Crippen LogP contribution in [-0.2, 0) is 16.0 Å². The summed E-state index contributed by atoms with van der Waals surface area (Å²) in [5.41, 5.74) is 0.912. The third-order valence-corrected chi connectivity index (χ3v) is 3.38. The Morgan fingerprint density at radius 1 is 1.29 bits per heavy atom. The maximum atomic E-state index is 12.1. The number of aromatic nitrogens is 1. The van der Waals surface area contributed by atoms with Gasteiger partial charge in [0.15, 0.2) is 11.5 Å². The van der Waals surface area contributed by atoms with E-state index in [0.29, 0.717) is 17.6 Å². The minimum Gasteiger partial charge on any atom is -0.478 e. The van der Waals surface area contributed by atoms with Gasteiger partial charge in [-0.1, -0.05) is 6.92 Å². The van der Waals surface area contributed by atoms with Crippen LogP contribution in [0.1, 0.15) is 36.5 Å². The molecule has 2 aromatic rings. The molecule has 0 saturated carbocycles. The minimum atomic E-state index is -1.06. The zero-order valence-electron chi connectivity index (χ0n) is 13.5. The van der Waals surface area contributed by atoms with E-state index in [-0.39, 0.29) is 36.1 Å². The van der Waals surface area contributed by atoms with Crippen LogP contribution in [0.4, 0.5) is 0 Å². The number of carboxylic acids is 1. The van der Waals surface area contributed by atoms with Crippen LogP contribution in [0, 0.1) is 0 Å². The molecule has 0 aliphatic heterocycles. The topological polar surface area (TPSA) is 122 Å². The number of amides is 2. The van der Waals surface area contributed by atoms with Crippen LogP contribution in [0.25, 0.3) is 11.1 Å². The molecule has 0 unspecified atom stereocenters. The van der Waals surface area contributed by atoms with Crippen molar-refractivity contribution in [2.45, 2.75) is 32.7 Å². The molecule has 2 rings (SSSR count). The molecule has 128 valence electrons. The van der Waals surface area contributed by atoms with E-state index in [0.717, 1.165) is 0 Å². The number of nitrogens with zero attached hydrogens (tertiary/aromatic N) is 1. The summed E-state index contributed by atoms with van der Waals surface area (Å²) >= 11 is 0. The van der Waals surface area contributed by atoms with Crippen LogP contribution in [0.15, 0.2) is 22.6 Å². The normalized spacial score (nSPS) is 11.9. The fraction of sp³-hybridized carbons (Fsp3) is 0.375. The van der Waals surface area contributed by atoms with E-state index in [1.807, 2.05) is 0 Å². The van der Waals surface area contributed by atoms with Crippen molar-refractivity contribution in [1.29, 1.82) is 0 Å². The lowest BCUT2D eigenvalue weighted by Gasteiger charge is -2.16. The van der Waals surface area contributed by atoms with Crippen LogP contribution in [0.2, 0.25) is 0 Å². The summed E-state index contributed by atoms with van der Waals surface area (Å²) in [6.07, 6.45) is 0.333. The maximum Gasteiger partial charge on any atom is 0.335 e. The predicted molar refractivity (Wildman–Crippen MR) is 85.6 cm³/mol. The fourth-order valence-corrected chi connectivity index (χ4v) is 2.17. The summed E-state index contributed by atoms with van der Waals surface area (Å²) in [5.74, 6) is -1.39. The fourth-order valence-electron chi connectivity index (χ4n) is 2.17. The van der Waals surface area contributed by atoms with Crippen molar-refractivity contribution < 1.29 is 23.9 Å². The number of aromatic carboxylic acids is 1. The van der Waals surface area contributed by atoms with Gasteiger partial charge < -0.3 is 20.2 Å². The zero-order chi connectivity index (χ0) is 17.7. The molecule has 0 radical (unpaired) electrons. The number of carbonyl (C=O) groups excluding carboxylic acids is 2. The Morgan fingerprint density at radius 3 is 2.67 bits per heavy atom. The van der Waals surface area contributed by atoms with Crippen molar-refractivity contribution in [3.05, 3.63) is 29.7 Å². The standard InChI is InChI=1S/C16H19N3O5/c1-3-13(20)18-11(15(21)17-4-2)8-14-19-10-7-9(16(22)23)5-6-12(10)24-14/h5-7,11H,3-4,8H2,1-2H3,(H,17,21)(H,18,20)(H,22,23)/t11-/m0/s1. The summed E-state index contributed by atoms with van der Waals surface area (Å²) in [6, 6.07) is 3.53.